The van der Waals surface area contributed by atoms with Crippen molar-refractivity contribution in [2.75, 3.05) is 19.9 Å². The number of benzene rings is 1. The fourth-order valence-corrected chi connectivity index (χ4v) is 2.13. The van der Waals surface area contributed by atoms with Gasteiger partial charge in [-0.2, -0.15) is 0 Å². The van der Waals surface area contributed by atoms with Crippen molar-refractivity contribution in [1.82, 2.24) is 10.6 Å². The second-order valence-corrected chi connectivity index (χ2v) is 4.60. The molecule has 1 aliphatic heterocycles. The van der Waals surface area contributed by atoms with Crippen LogP contribution in [0.5, 0.6) is 11.5 Å². The number of hydrogen-bond donors (Lipinski definition) is 2. The highest BCUT2D eigenvalue weighted by molar-refractivity contribution is 6.32. The third kappa shape index (κ3) is 3.75. The van der Waals surface area contributed by atoms with Crippen LogP contribution in [0.4, 0.5) is 0 Å². The second kappa shape index (κ2) is 6.63. The van der Waals surface area contributed by atoms with Crippen molar-refractivity contribution in [3.63, 3.8) is 0 Å². The van der Waals surface area contributed by atoms with Crippen LogP contribution in [-0.2, 0) is 11.3 Å². The molecule has 0 saturated carbocycles. The first kappa shape index (κ1) is 14.0. The maximum Gasteiger partial charge on any atom is 0.231 e. The summed E-state index contributed by atoms with van der Waals surface area (Å²) in [7, 11) is 0. The van der Waals surface area contributed by atoms with E-state index in [1.54, 1.807) is 0 Å². The zero-order chi connectivity index (χ0) is 13.7. The molecule has 0 atom stereocenters. The van der Waals surface area contributed by atoms with Gasteiger partial charge < -0.3 is 20.1 Å². The van der Waals surface area contributed by atoms with Gasteiger partial charge >= 0.3 is 0 Å². The lowest BCUT2D eigenvalue weighted by Gasteiger charge is -2.07. The quantitative estimate of drug-likeness (QED) is 0.781. The van der Waals surface area contributed by atoms with Crippen LogP contribution in [0.15, 0.2) is 12.1 Å². The first-order valence-corrected chi connectivity index (χ1v) is 6.64. The van der Waals surface area contributed by atoms with Gasteiger partial charge in [0.25, 0.3) is 0 Å². The van der Waals surface area contributed by atoms with E-state index in [1.165, 1.54) is 0 Å². The van der Waals surface area contributed by atoms with E-state index >= 15 is 0 Å². The topological polar surface area (TPSA) is 59.6 Å². The Morgan fingerprint density at radius 2 is 2.26 bits per heavy atom. The Balaban J connectivity index is 1.81. The zero-order valence-corrected chi connectivity index (χ0v) is 11.5. The van der Waals surface area contributed by atoms with E-state index in [-0.39, 0.29) is 12.7 Å². The van der Waals surface area contributed by atoms with Crippen LogP contribution in [0.3, 0.4) is 0 Å². The van der Waals surface area contributed by atoms with Gasteiger partial charge in [-0.15, -0.1) is 0 Å². The number of carbonyl (C=O) groups excluding carboxylic acids is 1. The molecular formula is C13H17ClN2O3. The van der Waals surface area contributed by atoms with Crippen molar-refractivity contribution in [3.05, 3.63) is 22.7 Å². The molecule has 1 heterocycles. The highest BCUT2D eigenvalue weighted by Crippen LogP contribution is 2.39. The predicted octanol–water partition coefficient (Wildman–Crippen LogP) is 1.68. The maximum atomic E-state index is 11.3. The van der Waals surface area contributed by atoms with Crippen molar-refractivity contribution in [2.45, 2.75) is 19.9 Å². The van der Waals surface area contributed by atoms with Gasteiger partial charge in [-0.05, 0) is 24.6 Å². The zero-order valence-electron chi connectivity index (χ0n) is 10.8. The summed E-state index contributed by atoms with van der Waals surface area (Å²) in [6, 6.07) is 3.74. The Kier molecular flexibility index (Phi) is 4.87. The molecule has 1 amide bonds. The van der Waals surface area contributed by atoms with Crippen LogP contribution < -0.4 is 20.1 Å². The molecule has 1 aromatic rings. The molecule has 1 aliphatic rings. The van der Waals surface area contributed by atoms with Crippen LogP contribution in [0.25, 0.3) is 0 Å². The van der Waals surface area contributed by atoms with Crippen molar-refractivity contribution in [3.8, 4) is 11.5 Å². The lowest BCUT2D eigenvalue weighted by atomic mass is 10.2. The van der Waals surface area contributed by atoms with E-state index < -0.39 is 0 Å². The molecule has 5 nitrogen and oxygen atoms in total. The summed E-state index contributed by atoms with van der Waals surface area (Å²) in [4.78, 5) is 11.3. The predicted molar refractivity (Wildman–Crippen MR) is 72.6 cm³/mol. The van der Waals surface area contributed by atoms with Gasteiger partial charge in [-0.1, -0.05) is 11.6 Å². The minimum absolute atomic E-state index is 0.0544. The van der Waals surface area contributed by atoms with Crippen LogP contribution in [0, 0.1) is 0 Å². The third-order valence-corrected chi connectivity index (χ3v) is 3.00. The molecule has 2 rings (SSSR count). The van der Waals surface area contributed by atoms with Gasteiger partial charge in [0.1, 0.15) is 0 Å². The fourth-order valence-electron chi connectivity index (χ4n) is 1.84. The molecule has 0 aliphatic carbocycles. The number of rotatable bonds is 6. The molecule has 104 valence electrons. The number of hydrogen-bond acceptors (Lipinski definition) is 4. The molecule has 2 N–H and O–H groups in total. The molecule has 0 spiro atoms. The van der Waals surface area contributed by atoms with E-state index in [4.69, 9.17) is 21.1 Å². The Morgan fingerprint density at radius 3 is 3.05 bits per heavy atom. The standard InChI is InChI=1S/C13H17ClN2O3/c1-2-16-12(17)3-4-15-7-9-5-10(14)13-11(6-9)18-8-19-13/h5-6,15H,2-4,7-8H2,1H3,(H,16,17). The normalized spacial score (nSPS) is 12.5. The van der Waals surface area contributed by atoms with E-state index in [2.05, 4.69) is 10.6 Å². The summed E-state index contributed by atoms with van der Waals surface area (Å²) in [5, 5.41) is 6.50. The average Bonchev–Trinajstić information content (AvgIpc) is 2.84. The third-order valence-electron chi connectivity index (χ3n) is 2.72. The Bertz CT molecular complexity index is 465. The Labute approximate surface area is 117 Å². The molecule has 0 saturated heterocycles. The molecule has 19 heavy (non-hydrogen) atoms. The largest absolute Gasteiger partial charge is 0.454 e. The van der Waals surface area contributed by atoms with E-state index in [0.29, 0.717) is 42.6 Å². The molecule has 0 unspecified atom stereocenters. The van der Waals surface area contributed by atoms with Crippen molar-refractivity contribution < 1.29 is 14.3 Å². The molecule has 1 aromatic carbocycles. The lowest BCUT2D eigenvalue weighted by molar-refractivity contribution is -0.120. The van der Waals surface area contributed by atoms with E-state index in [1.807, 2.05) is 19.1 Å². The summed E-state index contributed by atoms with van der Waals surface area (Å²) in [6.45, 7) is 4.04. The molecular weight excluding hydrogens is 268 g/mol. The summed E-state index contributed by atoms with van der Waals surface area (Å²) in [6.07, 6.45) is 0.464. The second-order valence-electron chi connectivity index (χ2n) is 4.19. The van der Waals surface area contributed by atoms with Gasteiger partial charge in [-0.3, -0.25) is 4.79 Å². The number of ether oxygens (including phenoxy) is 2. The Morgan fingerprint density at radius 1 is 1.42 bits per heavy atom. The van der Waals surface area contributed by atoms with Crippen LogP contribution in [-0.4, -0.2) is 25.8 Å². The number of carbonyl (C=O) groups is 1. The molecule has 0 aromatic heterocycles. The van der Waals surface area contributed by atoms with E-state index in [0.717, 1.165) is 5.56 Å². The molecule has 6 heteroatoms. The summed E-state index contributed by atoms with van der Waals surface area (Å²) >= 11 is 6.08. The Hall–Kier alpha value is -1.46. The highest BCUT2D eigenvalue weighted by atomic mass is 35.5. The van der Waals surface area contributed by atoms with E-state index in [9.17, 15) is 4.79 Å². The summed E-state index contributed by atoms with van der Waals surface area (Å²) in [5.74, 6) is 1.33. The van der Waals surface area contributed by atoms with Crippen molar-refractivity contribution in [2.24, 2.45) is 0 Å². The van der Waals surface area contributed by atoms with Crippen molar-refractivity contribution >= 4 is 17.5 Å². The average molecular weight is 285 g/mol. The van der Waals surface area contributed by atoms with Crippen molar-refractivity contribution in [1.29, 1.82) is 0 Å². The van der Waals surface area contributed by atoms with Crippen LogP contribution in [0.1, 0.15) is 18.9 Å². The number of fused-ring (bicyclic) bond motifs is 1. The minimum Gasteiger partial charge on any atom is -0.454 e. The van der Waals surface area contributed by atoms with Gasteiger partial charge in [0.05, 0.1) is 5.02 Å². The van der Waals surface area contributed by atoms with Crippen LogP contribution >= 0.6 is 11.6 Å². The highest BCUT2D eigenvalue weighted by Gasteiger charge is 2.17. The van der Waals surface area contributed by atoms with Gasteiger partial charge in [0.15, 0.2) is 11.5 Å². The first-order valence-electron chi connectivity index (χ1n) is 6.26. The number of halogens is 1. The maximum absolute atomic E-state index is 11.3. The summed E-state index contributed by atoms with van der Waals surface area (Å²) in [5.41, 5.74) is 1.00. The lowest BCUT2D eigenvalue weighted by Crippen LogP contribution is -2.27. The van der Waals surface area contributed by atoms with Gasteiger partial charge in [0, 0.05) is 26.1 Å². The molecule has 0 fully saturated rings. The SMILES string of the molecule is CCNC(=O)CCNCc1cc(Cl)c2c(c1)OCO2. The smallest absolute Gasteiger partial charge is 0.231 e. The number of amides is 1. The number of nitrogens with one attached hydrogen (secondary N) is 2. The molecule has 0 radical (unpaired) electrons. The van der Waals surface area contributed by atoms with Gasteiger partial charge in [-0.25, -0.2) is 0 Å². The molecule has 0 bridgehead atoms. The van der Waals surface area contributed by atoms with Crippen LogP contribution in [0.2, 0.25) is 5.02 Å². The monoisotopic (exact) mass is 284 g/mol. The summed E-state index contributed by atoms with van der Waals surface area (Å²) < 4.78 is 10.5. The fraction of sp³-hybridized carbons (Fsp3) is 0.462. The van der Waals surface area contributed by atoms with Gasteiger partial charge in [0.2, 0.25) is 12.7 Å². The minimum atomic E-state index is 0.0544. The first-order chi connectivity index (χ1) is 9.20.